The van der Waals surface area contributed by atoms with Crippen LogP contribution in [0.2, 0.25) is 0 Å². The van der Waals surface area contributed by atoms with E-state index in [1.807, 2.05) is 30.3 Å². The zero-order chi connectivity index (χ0) is 23.7. The van der Waals surface area contributed by atoms with Crippen molar-refractivity contribution in [3.63, 3.8) is 0 Å². The van der Waals surface area contributed by atoms with Crippen LogP contribution in [0.15, 0.2) is 101 Å². The maximum Gasteiger partial charge on any atom is 0.236 e. The molecule has 0 radical (unpaired) electrons. The third kappa shape index (κ3) is 4.55. The van der Waals surface area contributed by atoms with E-state index in [2.05, 4.69) is 9.71 Å². The number of hydrogen-bond acceptors (Lipinski definition) is 5. The summed E-state index contributed by atoms with van der Waals surface area (Å²) in [6.07, 6.45) is 1.71. The Kier molecular flexibility index (Phi) is 5.85. The van der Waals surface area contributed by atoms with Crippen molar-refractivity contribution in [1.82, 2.24) is 4.98 Å². The van der Waals surface area contributed by atoms with E-state index in [1.54, 1.807) is 42.6 Å². The number of pyridine rings is 1. The normalized spacial score (nSPS) is 11.7. The highest BCUT2D eigenvalue weighted by atomic mass is 32.2. The van der Waals surface area contributed by atoms with Gasteiger partial charge in [-0.1, -0.05) is 66.4 Å². The van der Waals surface area contributed by atoms with Crippen LogP contribution in [-0.4, -0.2) is 18.5 Å². The molecule has 0 fully saturated rings. The van der Waals surface area contributed by atoms with Gasteiger partial charge in [0.05, 0.1) is 21.9 Å². The summed E-state index contributed by atoms with van der Waals surface area (Å²) in [5.41, 5.74) is 1.46. The predicted octanol–water partition coefficient (Wildman–Crippen LogP) is 6.33. The summed E-state index contributed by atoms with van der Waals surface area (Å²) in [7, 11) is -3.85. The molecule has 0 unspecified atom stereocenters. The van der Waals surface area contributed by atoms with Crippen molar-refractivity contribution < 1.29 is 17.9 Å². The number of rotatable bonds is 6. The number of hydrogen-bond donors (Lipinski definition) is 2. The van der Waals surface area contributed by atoms with E-state index in [9.17, 15) is 17.9 Å². The number of nitrogens with zero attached hydrogens (tertiary/aromatic N) is 1. The Hall–Kier alpha value is -3.62. The van der Waals surface area contributed by atoms with Crippen LogP contribution in [0.1, 0.15) is 5.56 Å². The van der Waals surface area contributed by atoms with Crippen LogP contribution in [0.5, 0.6) is 5.75 Å². The van der Waals surface area contributed by atoms with Crippen molar-refractivity contribution in [2.75, 3.05) is 4.72 Å². The number of nitrogens with one attached hydrogen (secondary N) is 1. The van der Waals surface area contributed by atoms with Crippen molar-refractivity contribution >= 4 is 49.1 Å². The zero-order valence-electron chi connectivity index (χ0n) is 17.8. The fourth-order valence-corrected chi connectivity index (χ4v) is 6.05. The maximum atomic E-state index is 13.5. The number of phenolic OH excluding ortho intramolecular Hbond substituents is 1. The largest absolute Gasteiger partial charge is 0.506 e. The average molecular weight is 491 g/mol. The van der Waals surface area contributed by atoms with E-state index in [-0.39, 0.29) is 11.5 Å². The van der Waals surface area contributed by atoms with Crippen LogP contribution >= 0.6 is 11.8 Å². The van der Waals surface area contributed by atoms with Crippen LogP contribution in [0.3, 0.4) is 0 Å². The molecule has 170 valence electrons. The number of sulfonamides is 1. The number of halogens is 1. The zero-order valence-corrected chi connectivity index (χ0v) is 19.4. The predicted molar refractivity (Wildman–Crippen MR) is 134 cm³/mol. The highest BCUT2D eigenvalue weighted by Crippen LogP contribution is 2.44. The number of benzene rings is 4. The average Bonchev–Trinajstić information content (AvgIpc) is 2.82. The highest BCUT2D eigenvalue weighted by molar-refractivity contribution is 7.99. The van der Waals surface area contributed by atoms with Gasteiger partial charge in [0.25, 0.3) is 0 Å². The first kappa shape index (κ1) is 22.2. The monoisotopic (exact) mass is 490 g/mol. The van der Waals surface area contributed by atoms with Crippen LogP contribution in [0, 0.1) is 5.82 Å². The van der Waals surface area contributed by atoms with Gasteiger partial charge in [0.15, 0.2) is 0 Å². The van der Waals surface area contributed by atoms with Crippen LogP contribution in [0.25, 0.3) is 21.7 Å². The summed E-state index contributed by atoms with van der Waals surface area (Å²) in [4.78, 5) is 5.78. The van der Waals surface area contributed by atoms with Gasteiger partial charge in [-0.2, -0.15) is 0 Å². The maximum absolute atomic E-state index is 13.5. The van der Waals surface area contributed by atoms with Gasteiger partial charge in [-0.25, -0.2) is 12.8 Å². The third-order valence-electron chi connectivity index (χ3n) is 5.31. The lowest BCUT2D eigenvalue weighted by Crippen LogP contribution is -2.15. The fraction of sp³-hybridized carbons (Fsp3) is 0.0385. The lowest BCUT2D eigenvalue weighted by molar-refractivity contribution is 0.469. The molecular weight excluding hydrogens is 471 g/mol. The quantitative estimate of drug-likeness (QED) is 0.272. The highest BCUT2D eigenvalue weighted by Gasteiger charge is 2.18. The molecule has 2 N–H and O–H groups in total. The minimum absolute atomic E-state index is 0.0570. The molecule has 4 aromatic carbocycles. The second kappa shape index (κ2) is 8.96. The summed E-state index contributed by atoms with van der Waals surface area (Å²) < 4.78 is 42.1. The molecule has 0 bridgehead atoms. The Bertz CT molecular complexity index is 1630. The summed E-state index contributed by atoms with van der Waals surface area (Å²) >= 11 is 1.31. The number of aromatic nitrogens is 1. The molecule has 0 amide bonds. The molecule has 34 heavy (non-hydrogen) atoms. The Morgan fingerprint density at radius 2 is 1.65 bits per heavy atom. The van der Waals surface area contributed by atoms with Crippen LogP contribution in [0.4, 0.5) is 10.1 Å². The van der Waals surface area contributed by atoms with Gasteiger partial charge in [0.2, 0.25) is 10.0 Å². The van der Waals surface area contributed by atoms with E-state index < -0.39 is 15.8 Å². The van der Waals surface area contributed by atoms with Gasteiger partial charge in [0.1, 0.15) is 11.6 Å². The molecule has 8 heteroatoms. The second-order valence-corrected chi connectivity index (χ2v) is 10.5. The first-order valence-corrected chi connectivity index (χ1v) is 12.9. The summed E-state index contributed by atoms with van der Waals surface area (Å²) in [6, 6.07) is 23.7. The molecule has 0 atom stereocenters. The molecule has 0 aliphatic heterocycles. The molecule has 5 rings (SSSR count). The Labute approximate surface area is 200 Å². The number of anilines is 1. The number of phenols is 1. The minimum Gasteiger partial charge on any atom is -0.506 e. The molecule has 0 saturated carbocycles. The molecule has 0 aliphatic carbocycles. The Morgan fingerprint density at radius 3 is 2.47 bits per heavy atom. The topological polar surface area (TPSA) is 79.3 Å². The van der Waals surface area contributed by atoms with Gasteiger partial charge in [-0.05, 0) is 35.9 Å². The van der Waals surface area contributed by atoms with Gasteiger partial charge in [0, 0.05) is 27.3 Å². The van der Waals surface area contributed by atoms with Crippen molar-refractivity contribution in [1.29, 1.82) is 0 Å². The second-order valence-electron chi connectivity index (χ2n) is 7.74. The summed E-state index contributed by atoms with van der Waals surface area (Å²) in [6.45, 7) is 0. The van der Waals surface area contributed by atoms with Gasteiger partial charge < -0.3 is 5.11 Å². The van der Waals surface area contributed by atoms with Crippen molar-refractivity contribution in [3.05, 3.63) is 103 Å². The molecule has 1 aromatic heterocycles. The fourth-order valence-electron chi connectivity index (χ4n) is 3.82. The molecule has 0 aliphatic rings. The van der Waals surface area contributed by atoms with E-state index in [0.29, 0.717) is 26.9 Å². The molecule has 5 aromatic rings. The smallest absolute Gasteiger partial charge is 0.236 e. The SMILES string of the molecule is O=S(=O)(Cc1cccc(F)c1)Nc1cc(Sc2cccc3cccnc23)c(O)c2ccccc12. The van der Waals surface area contributed by atoms with Crippen LogP contribution in [-0.2, 0) is 15.8 Å². The molecule has 0 saturated heterocycles. The third-order valence-corrected chi connectivity index (χ3v) is 7.63. The lowest BCUT2D eigenvalue weighted by atomic mass is 10.1. The number of fused-ring (bicyclic) bond motifs is 2. The Morgan fingerprint density at radius 1 is 0.882 bits per heavy atom. The summed E-state index contributed by atoms with van der Waals surface area (Å²) in [5.74, 6) is -0.817. The first-order valence-electron chi connectivity index (χ1n) is 10.4. The minimum atomic E-state index is -3.85. The first-order chi connectivity index (χ1) is 16.4. The van der Waals surface area contributed by atoms with Gasteiger partial charge >= 0.3 is 0 Å². The summed E-state index contributed by atoms with van der Waals surface area (Å²) in [5, 5.41) is 13.0. The Balaban J connectivity index is 1.56. The molecule has 1 heterocycles. The molecule has 0 spiro atoms. The van der Waals surface area contributed by atoms with Gasteiger partial charge in [-0.15, -0.1) is 0 Å². The number of para-hydroxylation sites is 1. The van der Waals surface area contributed by atoms with Crippen LogP contribution < -0.4 is 4.72 Å². The van der Waals surface area contributed by atoms with Crippen molar-refractivity contribution in [2.45, 2.75) is 15.5 Å². The van der Waals surface area contributed by atoms with Crippen molar-refractivity contribution in [3.8, 4) is 5.75 Å². The molecular formula is C26H19FN2O3S2. The van der Waals surface area contributed by atoms with E-state index in [4.69, 9.17) is 0 Å². The molecule has 5 nitrogen and oxygen atoms in total. The van der Waals surface area contributed by atoms with E-state index >= 15 is 0 Å². The lowest BCUT2D eigenvalue weighted by Gasteiger charge is -2.15. The van der Waals surface area contributed by atoms with E-state index in [1.165, 1.54) is 30.0 Å². The standard InChI is InChI=1S/C26H19FN2O3S2/c27-19-9-3-6-17(14-19)16-34(31,32)29-22-15-24(26(30)21-11-2-1-10-20(21)22)33-23-12-4-7-18-8-5-13-28-25(18)23/h1-15,29-30H,16H2. The van der Waals surface area contributed by atoms with E-state index in [0.717, 1.165) is 15.8 Å². The number of aromatic hydroxyl groups is 1. The van der Waals surface area contributed by atoms with Crippen molar-refractivity contribution in [2.24, 2.45) is 0 Å². The van der Waals surface area contributed by atoms with Gasteiger partial charge in [-0.3, -0.25) is 9.71 Å².